The molecule has 1 heteroatoms. The van der Waals surface area contributed by atoms with Crippen LogP contribution in [0, 0.1) is 6.92 Å². The molecule has 1 aromatic heterocycles. The molecular formula is C13H22S. The maximum absolute atomic E-state index is 2.42. The fourth-order valence-electron chi connectivity index (χ4n) is 1.55. The van der Waals surface area contributed by atoms with Crippen LogP contribution < -0.4 is 0 Å². The van der Waals surface area contributed by atoms with Gasteiger partial charge in [0.25, 0.3) is 0 Å². The standard InChI is InChI=1S/C13H22S/c1-6-8-11-9-12(14-10(11)3)13(4,5)7-2/h9H,6-8H2,1-5H3. The first-order chi connectivity index (χ1) is 6.51. The van der Waals surface area contributed by atoms with E-state index in [1.807, 2.05) is 11.3 Å². The van der Waals surface area contributed by atoms with Crippen molar-refractivity contribution < 1.29 is 0 Å². The number of hydrogen-bond acceptors (Lipinski definition) is 1. The van der Waals surface area contributed by atoms with Crippen molar-refractivity contribution in [3.8, 4) is 0 Å². The first kappa shape index (κ1) is 11.8. The fourth-order valence-corrected chi connectivity index (χ4v) is 2.79. The van der Waals surface area contributed by atoms with Gasteiger partial charge in [0.2, 0.25) is 0 Å². The highest BCUT2D eigenvalue weighted by Crippen LogP contribution is 2.34. The third-order valence-electron chi connectivity index (χ3n) is 3.09. The maximum Gasteiger partial charge on any atom is 0.0107 e. The minimum Gasteiger partial charge on any atom is -0.145 e. The van der Waals surface area contributed by atoms with Crippen LogP contribution in [-0.4, -0.2) is 0 Å². The summed E-state index contributed by atoms with van der Waals surface area (Å²) < 4.78 is 0. The van der Waals surface area contributed by atoms with Crippen molar-refractivity contribution in [3.05, 3.63) is 21.4 Å². The van der Waals surface area contributed by atoms with Crippen molar-refractivity contribution in [2.24, 2.45) is 0 Å². The average molecular weight is 210 g/mol. The van der Waals surface area contributed by atoms with Gasteiger partial charge in [-0.15, -0.1) is 11.3 Å². The van der Waals surface area contributed by atoms with Gasteiger partial charge < -0.3 is 0 Å². The number of hydrogen-bond donors (Lipinski definition) is 0. The smallest absolute Gasteiger partial charge is 0.0107 e. The Morgan fingerprint density at radius 3 is 2.43 bits per heavy atom. The van der Waals surface area contributed by atoms with Crippen LogP contribution in [0.2, 0.25) is 0 Å². The van der Waals surface area contributed by atoms with Crippen LogP contribution in [0.5, 0.6) is 0 Å². The van der Waals surface area contributed by atoms with Gasteiger partial charge in [0.1, 0.15) is 0 Å². The minimum atomic E-state index is 0.363. The second kappa shape index (κ2) is 4.48. The molecule has 0 N–H and O–H groups in total. The zero-order valence-corrected chi connectivity index (χ0v) is 10.9. The second-order valence-electron chi connectivity index (χ2n) is 4.68. The lowest BCUT2D eigenvalue weighted by Crippen LogP contribution is -2.13. The predicted molar refractivity (Wildman–Crippen MR) is 66.4 cm³/mol. The van der Waals surface area contributed by atoms with Crippen LogP contribution in [0.4, 0.5) is 0 Å². The number of aryl methyl sites for hydroxylation is 2. The van der Waals surface area contributed by atoms with Crippen LogP contribution in [-0.2, 0) is 11.8 Å². The molecule has 80 valence electrons. The largest absolute Gasteiger partial charge is 0.145 e. The molecule has 1 aromatic rings. The Morgan fingerprint density at radius 2 is 1.93 bits per heavy atom. The topological polar surface area (TPSA) is 0 Å². The van der Waals surface area contributed by atoms with Gasteiger partial charge in [-0.1, -0.05) is 34.1 Å². The molecule has 1 rings (SSSR count). The molecule has 1 heterocycles. The summed E-state index contributed by atoms with van der Waals surface area (Å²) in [4.78, 5) is 3.07. The number of thiophene rings is 1. The van der Waals surface area contributed by atoms with Crippen molar-refractivity contribution in [1.29, 1.82) is 0 Å². The molecule has 0 atom stereocenters. The Hall–Kier alpha value is -0.300. The molecule has 0 amide bonds. The molecule has 0 aromatic carbocycles. The van der Waals surface area contributed by atoms with Crippen LogP contribution in [0.3, 0.4) is 0 Å². The van der Waals surface area contributed by atoms with E-state index in [0.29, 0.717) is 5.41 Å². The second-order valence-corrected chi connectivity index (χ2v) is 5.94. The van der Waals surface area contributed by atoms with Crippen LogP contribution in [0.25, 0.3) is 0 Å². The van der Waals surface area contributed by atoms with E-state index in [0.717, 1.165) is 0 Å². The molecule has 0 nitrogen and oxygen atoms in total. The van der Waals surface area contributed by atoms with Gasteiger partial charge in [0.15, 0.2) is 0 Å². The van der Waals surface area contributed by atoms with E-state index in [1.54, 1.807) is 10.4 Å². The quantitative estimate of drug-likeness (QED) is 0.676. The van der Waals surface area contributed by atoms with Crippen molar-refractivity contribution >= 4 is 11.3 Å². The van der Waals surface area contributed by atoms with E-state index in [4.69, 9.17) is 0 Å². The van der Waals surface area contributed by atoms with Crippen molar-refractivity contribution in [2.45, 2.75) is 59.3 Å². The molecule has 0 saturated heterocycles. The Morgan fingerprint density at radius 1 is 1.29 bits per heavy atom. The summed E-state index contributed by atoms with van der Waals surface area (Å²) in [5, 5.41) is 0. The molecule has 0 radical (unpaired) electrons. The SMILES string of the molecule is CCCc1cc(C(C)(C)CC)sc1C. The Labute approximate surface area is 92.4 Å². The summed E-state index contributed by atoms with van der Waals surface area (Å²) in [7, 11) is 0. The lowest BCUT2D eigenvalue weighted by molar-refractivity contribution is 0.516. The first-order valence-corrected chi connectivity index (χ1v) is 6.42. The normalized spacial score (nSPS) is 12.1. The van der Waals surface area contributed by atoms with Crippen LogP contribution in [0.1, 0.15) is 55.9 Å². The predicted octanol–water partition coefficient (Wildman–Crippen LogP) is 4.70. The van der Waals surface area contributed by atoms with E-state index in [9.17, 15) is 0 Å². The van der Waals surface area contributed by atoms with Gasteiger partial charge in [-0.2, -0.15) is 0 Å². The molecular weight excluding hydrogens is 188 g/mol. The molecule has 0 unspecified atom stereocenters. The monoisotopic (exact) mass is 210 g/mol. The summed E-state index contributed by atoms with van der Waals surface area (Å²) in [6, 6.07) is 2.42. The highest BCUT2D eigenvalue weighted by molar-refractivity contribution is 7.12. The zero-order valence-electron chi connectivity index (χ0n) is 10.1. The molecule has 0 saturated carbocycles. The highest BCUT2D eigenvalue weighted by Gasteiger charge is 2.21. The Bertz CT molecular complexity index is 294. The third-order valence-corrected chi connectivity index (χ3v) is 4.55. The lowest BCUT2D eigenvalue weighted by atomic mass is 9.88. The zero-order chi connectivity index (χ0) is 10.8. The van der Waals surface area contributed by atoms with Crippen molar-refractivity contribution in [2.75, 3.05) is 0 Å². The molecule has 0 spiro atoms. The molecule has 0 bridgehead atoms. The Balaban J connectivity index is 2.96. The van der Waals surface area contributed by atoms with Crippen molar-refractivity contribution in [3.63, 3.8) is 0 Å². The van der Waals surface area contributed by atoms with E-state index in [-0.39, 0.29) is 0 Å². The molecule has 0 aliphatic heterocycles. The van der Waals surface area contributed by atoms with Gasteiger partial charge in [-0.25, -0.2) is 0 Å². The van der Waals surface area contributed by atoms with Gasteiger partial charge in [-0.3, -0.25) is 0 Å². The highest BCUT2D eigenvalue weighted by atomic mass is 32.1. The first-order valence-electron chi connectivity index (χ1n) is 5.61. The third kappa shape index (κ3) is 2.38. The van der Waals surface area contributed by atoms with Crippen LogP contribution in [0.15, 0.2) is 6.07 Å². The lowest BCUT2D eigenvalue weighted by Gasteiger charge is -2.20. The molecule has 0 aliphatic carbocycles. The van der Waals surface area contributed by atoms with Crippen LogP contribution >= 0.6 is 11.3 Å². The minimum absolute atomic E-state index is 0.363. The van der Waals surface area contributed by atoms with E-state index < -0.39 is 0 Å². The summed E-state index contributed by atoms with van der Waals surface area (Å²) in [6.07, 6.45) is 3.71. The maximum atomic E-state index is 2.42. The van der Waals surface area contributed by atoms with Gasteiger partial charge >= 0.3 is 0 Å². The van der Waals surface area contributed by atoms with Gasteiger partial charge in [0, 0.05) is 9.75 Å². The summed E-state index contributed by atoms with van der Waals surface area (Å²) in [5.41, 5.74) is 1.93. The summed E-state index contributed by atoms with van der Waals surface area (Å²) in [5.74, 6) is 0. The van der Waals surface area contributed by atoms with E-state index >= 15 is 0 Å². The molecule has 14 heavy (non-hydrogen) atoms. The average Bonchev–Trinajstić information content (AvgIpc) is 2.49. The van der Waals surface area contributed by atoms with Crippen molar-refractivity contribution in [1.82, 2.24) is 0 Å². The fraction of sp³-hybridized carbons (Fsp3) is 0.692. The van der Waals surface area contributed by atoms with Gasteiger partial charge in [0.05, 0.1) is 0 Å². The summed E-state index contributed by atoms with van der Waals surface area (Å²) in [6.45, 7) is 11.5. The molecule has 0 aliphatic rings. The van der Waals surface area contributed by atoms with Gasteiger partial charge in [-0.05, 0) is 36.8 Å². The Kier molecular flexibility index (Phi) is 3.77. The number of rotatable bonds is 4. The molecule has 0 fully saturated rings. The van der Waals surface area contributed by atoms with E-state index in [1.165, 1.54) is 24.1 Å². The van der Waals surface area contributed by atoms with E-state index in [2.05, 4.69) is 40.7 Å². The summed E-state index contributed by atoms with van der Waals surface area (Å²) >= 11 is 1.99.